The Morgan fingerprint density at radius 1 is 0.909 bits per heavy atom. The van der Waals surface area contributed by atoms with Crippen LogP contribution in [0.1, 0.15) is 20.7 Å². The zero-order valence-corrected chi connectivity index (χ0v) is 11.9. The van der Waals surface area contributed by atoms with Gasteiger partial charge >= 0.3 is 0 Å². The molecule has 3 rings (SSSR count). The molecule has 0 saturated heterocycles. The predicted molar refractivity (Wildman–Crippen MR) is 83.4 cm³/mol. The summed E-state index contributed by atoms with van der Waals surface area (Å²) >= 11 is 0. The Labute approximate surface area is 127 Å². The number of hydrogen-bond acceptors (Lipinski definition) is 2. The van der Waals surface area contributed by atoms with Crippen molar-refractivity contribution in [2.75, 3.05) is 0 Å². The molecule has 1 aromatic heterocycles. The lowest BCUT2D eigenvalue weighted by Crippen LogP contribution is -2.38. The molecule has 0 radical (unpaired) electrons. The van der Waals surface area contributed by atoms with Gasteiger partial charge in [-0.25, -0.2) is 0 Å². The number of ketones is 1. The molecule has 22 heavy (non-hydrogen) atoms. The number of aromatic nitrogens is 1. The van der Waals surface area contributed by atoms with Gasteiger partial charge < -0.3 is 5.73 Å². The molecular weight excluding hydrogens is 276 g/mol. The highest BCUT2D eigenvalue weighted by molar-refractivity contribution is 6.04. The molecule has 4 nitrogen and oxygen atoms in total. The van der Waals surface area contributed by atoms with Crippen molar-refractivity contribution in [1.82, 2.24) is 0 Å². The highest BCUT2D eigenvalue weighted by Crippen LogP contribution is 2.15. The normalized spacial score (nSPS) is 10.5. The van der Waals surface area contributed by atoms with Crippen molar-refractivity contribution in [3.8, 4) is 0 Å². The minimum atomic E-state index is -0.474. The maximum absolute atomic E-state index is 12.4. The van der Waals surface area contributed by atoms with Crippen LogP contribution in [0, 0.1) is 0 Å². The van der Waals surface area contributed by atoms with E-state index < -0.39 is 5.91 Å². The lowest BCUT2D eigenvalue weighted by molar-refractivity contribution is -0.657. The molecule has 0 saturated carbocycles. The molecule has 0 bridgehead atoms. The van der Waals surface area contributed by atoms with E-state index in [0.29, 0.717) is 11.1 Å². The van der Waals surface area contributed by atoms with E-state index in [0.717, 1.165) is 10.9 Å². The largest absolute Gasteiger partial charge is 0.366 e. The highest BCUT2D eigenvalue weighted by Gasteiger charge is 2.17. The number of carbonyl (C=O) groups is 2. The summed E-state index contributed by atoms with van der Waals surface area (Å²) in [6.45, 7) is 0.212. The Morgan fingerprint density at radius 3 is 2.41 bits per heavy atom. The van der Waals surface area contributed by atoms with Crippen molar-refractivity contribution in [3.05, 3.63) is 78.0 Å². The molecule has 0 aliphatic rings. The number of Topliss-reactive ketones (excluding diaryl/α,β-unsaturated/α-hetero) is 1. The van der Waals surface area contributed by atoms with Crippen LogP contribution in [0.5, 0.6) is 0 Å². The van der Waals surface area contributed by atoms with Crippen LogP contribution in [0.2, 0.25) is 0 Å². The summed E-state index contributed by atoms with van der Waals surface area (Å²) in [6.07, 6.45) is 1.83. The third-order valence-corrected chi connectivity index (χ3v) is 3.60. The molecule has 0 aliphatic heterocycles. The zero-order chi connectivity index (χ0) is 15.5. The molecule has 0 atom stereocenters. The summed E-state index contributed by atoms with van der Waals surface area (Å²) < 4.78 is 1.83. The van der Waals surface area contributed by atoms with Crippen molar-refractivity contribution in [2.24, 2.45) is 5.73 Å². The first kappa shape index (κ1) is 13.9. The first-order chi connectivity index (χ1) is 10.7. The number of benzene rings is 2. The van der Waals surface area contributed by atoms with Gasteiger partial charge in [0, 0.05) is 17.7 Å². The lowest BCUT2D eigenvalue weighted by atomic mass is 10.1. The van der Waals surface area contributed by atoms with Gasteiger partial charge in [0.15, 0.2) is 6.20 Å². The standard InChI is InChI=1S/C18H14N2O2/c19-18(22)15-8-4-10-16-14(15)9-5-11-20(16)12-17(21)13-6-2-1-3-7-13/h1-11H,12H2,(H-,19,22)/p+1. The predicted octanol–water partition coefficient (Wildman–Crippen LogP) is 2.11. The minimum absolute atomic E-state index is 0.0163. The average Bonchev–Trinajstić information content (AvgIpc) is 2.55. The quantitative estimate of drug-likeness (QED) is 0.591. The SMILES string of the molecule is NC(=O)c1cccc2c1ccc[n+]2CC(=O)c1ccccc1. The maximum Gasteiger partial charge on any atom is 0.249 e. The van der Waals surface area contributed by atoms with Crippen LogP contribution in [0.15, 0.2) is 66.9 Å². The summed E-state index contributed by atoms with van der Waals surface area (Å²) in [4.78, 5) is 23.9. The summed E-state index contributed by atoms with van der Waals surface area (Å²) in [5.41, 5.74) is 7.34. The third-order valence-electron chi connectivity index (χ3n) is 3.60. The van der Waals surface area contributed by atoms with Gasteiger partial charge in [0.2, 0.25) is 23.8 Å². The van der Waals surface area contributed by atoms with E-state index in [4.69, 9.17) is 5.73 Å². The number of rotatable bonds is 4. The van der Waals surface area contributed by atoms with Gasteiger partial charge in [-0.15, -0.1) is 0 Å². The van der Waals surface area contributed by atoms with Crippen molar-refractivity contribution in [3.63, 3.8) is 0 Å². The molecule has 0 spiro atoms. The minimum Gasteiger partial charge on any atom is -0.366 e. The van der Waals surface area contributed by atoms with Crippen LogP contribution in [0.25, 0.3) is 10.9 Å². The van der Waals surface area contributed by atoms with Gasteiger partial charge in [-0.05, 0) is 12.1 Å². The van der Waals surface area contributed by atoms with Crippen molar-refractivity contribution >= 4 is 22.6 Å². The van der Waals surface area contributed by atoms with Gasteiger partial charge in [0.25, 0.3) is 0 Å². The van der Waals surface area contributed by atoms with Crippen molar-refractivity contribution in [2.45, 2.75) is 6.54 Å². The number of carbonyl (C=O) groups excluding carboxylic acids is 2. The first-order valence-corrected chi connectivity index (χ1v) is 6.96. The monoisotopic (exact) mass is 291 g/mol. The second kappa shape index (κ2) is 5.77. The lowest BCUT2D eigenvalue weighted by Gasteiger charge is -2.04. The van der Waals surface area contributed by atoms with E-state index >= 15 is 0 Å². The number of nitrogens with two attached hydrogens (primary N) is 1. The molecule has 2 aromatic carbocycles. The summed E-state index contributed by atoms with van der Waals surface area (Å²) in [5.74, 6) is -0.458. The molecule has 0 aliphatic carbocycles. The average molecular weight is 291 g/mol. The first-order valence-electron chi connectivity index (χ1n) is 6.96. The van der Waals surface area contributed by atoms with E-state index in [2.05, 4.69) is 0 Å². The number of nitrogens with zero attached hydrogens (tertiary/aromatic N) is 1. The number of amides is 1. The summed E-state index contributed by atoms with van der Waals surface area (Å²) in [5, 5.41) is 0.748. The summed E-state index contributed by atoms with van der Waals surface area (Å²) in [6, 6.07) is 18.1. The molecular formula is C18H15N2O2+. The highest BCUT2D eigenvalue weighted by atomic mass is 16.1. The Kier molecular flexibility index (Phi) is 3.66. The fourth-order valence-corrected chi connectivity index (χ4v) is 2.52. The van der Waals surface area contributed by atoms with Gasteiger partial charge in [0.05, 0.1) is 10.9 Å². The number of pyridine rings is 1. The Balaban J connectivity index is 2.03. The van der Waals surface area contributed by atoms with Crippen LogP contribution < -0.4 is 10.3 Å². The van der Waals surface area contributed by atoms with Gasteiger partial charge in [-0.3, -0.25) is 9.59 Å². The summed E-state index contributed by atoms with van der Waals surface area (Å²) in [7, 11) is 0. The molecule has 1 amide bonds. The molecule has 4 heteroatoms. The van der Waals surface area contributed by atoms with Crippen molar-refractivity contribution in [1.29, 1.82) is 0 Å². The second-order valence-electron chi connectivity index (χ2n) is 5.03. The Bertz CT molecular complexity index is 857. The molecule has 1 heterocycles. The number of primary amides is 1. The molecule has 0 fully saturated rings. The Morgan fingerprint density at radius 2 is 1.68 bits per heavy atom. The van der Waals surface area contributed by atoms with E-state index in [9.17, 15) is 9.59 Å². The van der Waals surface area contributed by atoms with Gasteiger partial charge in [-0.2, -0.15) is 4.57 Å². The van der Waals surface area contributed by atoms with Crippen LogP contribution in [-0.2, 0) is 6.54 Å². The Hall–Kier alpha value is -3.01. The third kappa shape index (κ3) is 2.59. The molecule has 108 valence electrons. The number of hydrogen-bond donors (Lipinski definition) is 1. The number of fused-ring (bicyclic) bond motifs is 1. The zero-order valence-electron chi connectivity index (χ0n) is 11.9. The van der Waals surface area contributed by atoms with E-state index in [1.54, 1.807) is 24.3 Å². The second-order valence-corrected chi connectivity index (χ2v) is 5.03. The van der Waals surface area contributed by atoms with Gasteiger partial charge in [-0.1, -0.05) is 36.4 Å². The van der Waals surface area contributed by atoms with Crippen LogP contribution in [0.4, 0.5) is 0 Å². The topological polar surface area (TPSA) is 64.0 Å². The van der Waals surface area contributed by atoms with E-state index in [1.807, 2.05) is 47.2 Å². The van der Waals surface area contributed by atoms with Crippen LogP contribution in [0.3, 0.4) is 0 Å². The van der Waals surface area contributed by atoms with E-state index in [1.165, 1.54) is 0 Å². The smallest absolute Gasteiger partial charge is 0.249 e. The molecule has 0 unspecified atom stereocenters. The fraction of sp³-hybridized carbons (Fsp3) is 0.0556. The maximum atomic E-state index is 12.4. The molecule has 3 aromatic rings. The van der Waals surface area contributed by atoms with E-state index in [-0.39, 0.29) is 12.3 Å². The van der Waals surface area contributed by atoms with Crippen molar-refractivity contribution < 1.29 is 14.2 Å². The fourth-order valence-electron chi connectivity index (χ4n) is 2.52. The molecule has 2 N–H and O–H groups in total. The van der Waals surface area contributed by atoms with Crippen LogP contribution in [-0.4, -0.2) is 11.7 Å². The van der Waals surface area contributed by atoms with Gasteiger partial charge in [0.1, 0.15) is 0 Å². The van der Waals surface area contributed by atoms with Crippen LogP contribution >= 0.6 is 0 Å².